The Hall–Kier alpha value is -1.86. The molecular formula is C11H16N2O5. The van der Waals surface area contributed by atoms with Crippen molar-refractivity contribution in [2.45, 2.75) is 6.42 Å². The monoisotopic (exact) mass is 256 g/mol. The first-order chi connectivity index (χ1) is 8.74. The Bertz CT molecular complexity index is 364. The van der Waals surface area contributed by atoms with Crippen LogP contribution in [-0.4, -0.2) is 38.7 Å². The Morgan fingerprint density at radius 1 is 1.39 bits per heavy atom. The second-order valence-corrected chi connectivity index (χ2v) is 3.38. The minimum absolute atomic E-state index is 0.135. The molecule has 0 saturated heterocycles. The van der Waals surface area contributed by atoms with E-state index in [4.69, 9.17) is 14.0 Å². The normalized spacial score (nSPS) is 10.1. The number of furan rings is 1. The summed E-state index contributed by atoms with van der Waals surface area (Å²) in [6.45, 7) is 0.907. The molecule has 0 radical (unpaired) electrons. The van der Waals surface area contributed by atoms with Crippen molar-refractivity contribution in [3.8, 4) is 0 Å². The lowest BCUT2D eigenvalue weighted by molar-refractivity contribution is -0.134. The molecule has 1 aromatic rings. The summed E-state index contributed by atoms with van der Waals surface area (Å²) in [4.78, 5) is 27.5. The molecule has 7 heteroatoms. The molecule has 0 aliphatic carbocycles. The van der Waals surface area contributed by atoms with E-state index in [-0.39, 0.29) is 31.4 Å². The zero-order valence-electron chi connectivity index (χ0n) is 10.1. The van der Waals surface area contributed by atoms with Gasteiger partial charge in [0.15, 0.2) is 0 Å². The summed E-state index contributed by atoms with van der Waals surface area (Å²) < 4.78 is 9.50. The van der Waals surface area contributed by atoms with Crippen LogP contribution in [0.5, 0.6) is 0 Å². The molecule has 2 N–H and O–H groups in total. The largest absolute Gasteiger partial charge is 0.472 e. The van der Waals surface area contributed by atoms with Crippen molar-refractivity contribution in [3.05, 3.63) is 24.2 Å². The molecule has 100 valence electrons. The number of rotatable bonds is 8. The summed E-state index contributed by atoms with van der Waals surface area (Å²) in [7, 11) is 1.54. The minimum Gasteiger partial charge on any atom is -0.472 e. The van der Waals surface area contributed by atoms with Gasteiger partial charge in [-0.3, -0.25) is 14.4 Å². The van der Waals surface area contributed by atoms with Crippen molar-refractivity contribution in [3.63, 3.8) is 0 Å². The third kappa shape index (κ3) is 5.46. The van der Waals surface area contributed by atoms with E-state index in [0.717, 1.165) is 0 Å². The molecule has 0 atom stereocenters. The molecular weight excluding hydrogens is 240 g/mol. The van der Waals surface area contributed by atoms with Gasteiger partial charge in [0.1, 0.15) is 6.26 Å². The maximum atomic E-state index is 11.4. The van der Waals surface area contributed by atoms with Crippen LogP contribution in [0.3, 0.4) is 0 Å². The number of nitrogens with one attached hydrogen (secondary N) is 2. The van der Waals surface area contributed by atoms with Crippen LogP contribution in [0.15, 0.2) is 23.0 Å². The Morgan fingerprint density at radius 3 is 2.89 bits per heavy atom. The van der Waals surface area contributed by atoms with Crippen LogP contribution in [0, 0.1) is 0 Å². The molecule has 0 saturated carbocycles. The summed E-state index contributed by atoms with van der Waals surface area (Å²) >= 11 is 0. The number of hydrogen-bond acceptors (Lipinski definition) is 5. The average molecular weight is 256 g/mol. The molecule has 1 heterocycles. The number of methoxy groups -OCH3 is 1. The average Bonchev–Trinajstić information content (AvgIpc) is 2.88. The Kier molecular flexibility index (Phi) is 6.52. The van der Waals surface area contributed by atoms with E-state index in [0.29, 0.717) is 12.2 Å². The van der Waals surface area contributed by atoms with Crippen LogP contribution in [0.1, 0.15) is 16.8 Å². The number of carbonyl (C=O) groups excluding carboxylic acids is 2. The molecule has 2 amide bonds. The lowest BCUT2D eigenvalue weighted by Gasteiger charge is -2.06. The van der Waals surface area contributed by atoms with Gasteiger partial charge in [-0.2, -0.15) is 0 Å². The van der Waals surface area contributed by atoms with Gasteiger partial charge in [0.25, 0.3) is 5.91 Å². The Labute approximate surface area is 104 Å². The second kappa shape index (κ2) is 8.26. The minimum atomic E-state index is -0.307. The maximum absolute atomic E-state index is 11.4. The van der Waals surface area contributed by atoms with Crippen LogP contribution < -0.4 is 10.8 Å². The molecule has 0 fully saturated rings. The van der Waals surface area contributed by atoms with Crippen LogP contribution in [-0.2, 0) is 14.4 Å². The Balaban J connectivity index is 2.07. The van der Waals surface area contributed by atoms with Crippen molar-refractivity contribution in [1.29, 1.82) is 0 Å². The van der Waals surface area contributed by atoms with E-state index >= 15 is 0 Å². The van der Waals surface area contributed by atoms with E-state index in [1.165, 1.54) is 19.6 Å². The number of amides is 2. The lowest BCUT2D eigenvalue weighted by atomic mass is 10.3. The fraction of sp³-hybridized carbons (Fsp3) is 0.455. The standard InChI is InChI=1S/C11H16N2O5/c1-16-6-7-18-13-10(14)2-4-12-11(15)9-3-5-17-8-9/h3,5,8H,2,4,6-7H2,1H3,(H,12,15)(H,13,14). The van der Waals surface area contributed by atoms with Gasteiger partial charge < -0.3 is 14.5 Å². The van der Waals surface area contributed by atoms with Gasteiger partial charge in [0.05, 0.1) is 25.0 Å². The van der Waals surface area contributed by atoms with E-state index in [9.17, 15) is 9.59 Å². The highest BCUT2D eigenvalue weighted by Crippen LogP contribution is 1.98. The molecule has 0 bridgehead atoms. The van der Waals surface area contributed by atoms with Crippen molar-refractivity contribution in [1.82, 2.24) is 10.8 Å². The van der Waals surface area contributed by atoms with Gasteiger partial charge in [-0.1, -0.05) is 0 Å². The van der Waals surface area contributed by atoms with Gasteiger partial charge in [-0.05, 0) is 6.07 Å². The van der Waals surface area contributed by atoms with E-state index < -0.39 is 0 Å². The van der Waals surface area contributed by atoms with Crippen molar-refractivity contribution in [2.75, 3.05) is 26.9 Å². The third-order valence-corrected chi connectivity index (χ3v) is 2.00. The number of ether oxygens (including phenoxy) is 1. The van der Waals surface area contributed by atoms with Crippen LogP contribution >= 0.6 is 0 Å². The summed E-state index contributed by atoms with van der Waals surface area (Å²) in [5, 5.41) is 2.58. The summed E-state index contributed by atoms with van der Waals surface area (Å²) in [6, 6.07) is 1.54. The highest BCUT2D eigenvalue weighted by atomic mass is 16.7. The smallest absolute Gasteiger partial charge is 0.254 e. The van der Waals surface area contributed by atoms with Crippen molar-refractivity contribution >= 4 is 11.8 Å². The molecule has 0 aromatic carbocycles. The SMILES string of the molecule is COCCONC(=O)CCNC(=O)c1ccoc1. The molecule has 7 nitrogen and oxygen atoms in total. The first-order valence-corrected chi connectivity index (χ1v) is 5.44. The molecule has 18 heavy (non-hydrogen) atoms. The van der Waals surface area contributed by atoms with Gasteiger partial charge in [-0.15, -0.1) is 0 Å². The summed E-state index contributed by atoms with van der Waals surface area (Å²) in [5.41, 5.74) is 2.66. The van der Waals surface area contributed by atoms with Crippen molar-refractivity contribution in [2.24, 2.45) is 0 Å². The fourth-order valence-electron chi connectivity index (χ4n) is 1.09. The van der Waals surface area contributed by atoms with Gasteiger partial charge in [0.2, 0.25) is 5.91 Å². The zero-order valence-corrected chi connectivity index (χ0v) is 10.1. The fourth-order valence-corrected chi connectivity index (χ4v) is 1.09. The highest BCUT2D eigenvalue weighted by molar-refractivity contribution is 5.93. The van der Waals surface area contributed by atoms with Gasteiger partial charge >= 0.3 is 0 Å². The van der Waals surface area contributed by atoms with Crippen molar-refractivity contribution < 1.29 is 23.6 Å². The van der Waals surface area contributed by atoms with Crippen LogP contribution in [0.4, 0.5) is 0 Å². The highest BCUT2D eigenvalue weighted by Gasteiger charge is 2.07. The first-order valence-electron chi connectivity index (χ1n) is 5.44. The molecule has 0 aliphatic rings. The molecule has 1 aromatic heterocycles. The topological polar surface area (TPSA) is 89.8 Å². The Morgan fingerprint density at radius 2 is 2.22 bits per heavy atom. The summed E-state index contributed by atoms with van der Waals surface area (Å²) in [5.74, 6) is -0.588. The number of hydroxylamine groups is 1. The predicted molar refractivity (Wildman–Crippen MR) is 61.6 cm³/mol. The lowest BCUT2D eigenvalue weighted by Crippen LogP contribution is -2.31. The predicted octanol–water partition coefficient (Wildman–Crippen LogP) is 0.0937. The summed E-state index contributed by atoms with van der Waals surface area (Å²) in [6.07, 6.45) is 2.88. The number of carbonyl (C=O) groups is 2. The van der Waals surface area contributed by atoms with E-state index in [1.807, 2.05) is 0 Å². The zero-order chi connectivity index (χ0) is 13.2. The van der Waals surface area contributed by atoms with Crippen LogP contribution in [0.25, 0.3) is 0 Å². The van der Waals surface area contributed by atoms with Crippen LogP contribution in [0.2, 0.25) is 0 Å². The maximum Gasteiger partial charge on any atom is 0.254 e. The molecule has 0 unspecified atom stereocenters. The van der Waals surface area contributed by atoms with E-state index in [1.54, 1.807) is 6.07 Å². The van der Waals surface area contributed by atoms with Gasteiger partial charge in [0, 0.05) is 20.1 Å². The van der Waals surface area contributed by atoms with E-state index in [2.05, 4.69) is 10.8 Å². The third-order valence-electron chi connectivity index (χ3n) is 2.00. The quantitative estimate of drug-likeness (QED) is 0.508. The van der Waals surface area contributed by atoms with Gasteiger partial charge in [-0.25, -0.2) is 5.48 Å². The first kappa shape index (κ1) is 14.2. The molecule has 0 aliphatic heterocycles. The molecule has 1 rings (SSSR count). The number of hydrogen-bond donors (Lipinski definition) is 2. The second-order valence-electron chi connectivity index (χ2n) is 3.38. The molecule has 0 spiro atoms.